The van der Waals surface area contributed by atoms with Gasteiger partial charge in [-0.2, -0.15) is 5.10 Å². The number of carbonyl (C=O) groups is 2. The molecule has 2 aliphatic rings. The second-order valence-electron chi connectivity index (χ2n) is 8.23. The molecule has 1 aromatic carbocycles. The zero-order valence-corrected chi connectivity index (χ0v) is 16.5. The van der Waals surface area contributed by atoms with Gasteiger partial charge in [-0.15, -0.1) is 0 Å². The minimum atomic E-state index is 0.0187. The van der Waals surface area contributed by atoms with E-state index in [9.17, 15) is 9.59 Å². The molecule has 4 rings (SSSR count). The first-order chi connectivity index (χ1) is 12.9. The number of fused-ring (bicyclic) bond motifs is 1. The minimum absolute atomic E-state index is 0.0187. The monoisotopic (exact) mass is 368 g/mol. The van der Waals surface area contributed by atoms with E-state index in [1.165, 1.54) is 0 Å². The molecule has 0 N–H and O–H groups in total. The van der Waals surface area contributed by atoms with E-state index in [0.29, 0.717) is 12.1 Å². The molecule has 0 aliphatic carbocycles. The molecule has 2 saturated heterocycles. The van der Waals surface area contributed by atoms with Crippen LogP contribution < -0.4 is 0 Å². The average molecular weight is 368 g/mol. The van der Waals surface area contributed by atoms with Gasteiger partial charge >= 0.3 is 0 Å². The third kappa shape index (κ3) is 3.11. The standard InChI is InChI=1S/C21H28N4O2/c1-4-24-13-21(10-8-18(24)26)9-5-11-25(14-21)20(27)19-16-12-15(2)6-7-17(16)23(3)22-19/h6-7,12H,4-5,8-11,13-14H2,1-3H3/t21-/m0/s1. The van der Waals surface area contributed by atoms with Crippen molar-refractivity contribution in [1.82, 2.24) is 19.6 Å². The largest absolute Gasteiger partial charge is 0.342 e. The lowest BCUT2D eigenvalue weighted by molar-refractivity contribution is -0.138. The summed E-state index contributed by atoms with van der Waals surface area (Å²) in [5.74, 6) is 0.267. The lowest BCUT2D eigenvalue weighted by Crippen LogP contribution is -2.55. The smallest absolute Gasteiger partial charge is 0.275 e. The Morgan fingerprint density at radius 3 is 2.85 bits per heavy atom. The highest BCUT2D eigenvalue weighted by Gasteiger charge is 2.42. The van der Waals surface area contributed by atoms with Crippen LogP contribution in [0.25, 0.3) is 10.9 Å². The zero-order valence-electron chi connectivity index (χ0n) is 16.5. The van der Waals surface area contributed by atoms with E-state index in [-0.39, 0.29) is 17.2 Å². The molecule has 6 nitrogen and oxygen atoms in total. The maximum Gasteiger partial charge on any atom is 0.275 e. The molecule has 144 valence electrons. The molecule has 2 aliphatic heterocycles. The fraction of sp³-hybridized carbons (Fsp3) is 0.571. The first-order valence-corrected chi connectivity index (χ1v) is 9.93. The number of aromatic nitrogens is 2. The Morgan fingerprint density at radius 2 is 2.07 bits per heavy atom. The molecule has 1 aromatic heterocycles. The summed E-state index contributed by atoms with van der Waals surface area (Å²) < 4.78 is 1.79. The van der Waals surface area contributed by atoms with Crippen LogP contribution in [0.1, 0.15) is 48.7 Å². The molecule has 0 saturated carbocycles. The summed E-state index contributed by atoms with van der Waals surface area (Å²) in [6.45, 7) is 7.08. The van der Waals surface area contributed by atoms with Gasteiger partial charge in [-0.3, -0.25) is 14.3 Å². The van der Waals surface area contributed by atoms with Gasteiger partial charge in [-0.05, 0) is 45.2 Å². The van der Waals surface area contributed by atoms with Gasteiger partial charge in [0.1, 0.15) is 0 Å². The third-order valence-corrected chi connectivity index (χ3v) is 6.29. The summed E-state index contributed by atoms with van der Waals surface area (Å²) in [7, 11) is 1.89. The van der Waals surface area contributed by atoms with Crippen LogP contribution >= 0.6 is 0 Å². The predicted molar refractivity (Wildman–Crippen MR) is 105 cm³/mol. The number of likely N-dealkylation sites (tertiary alicyclic amines) is 2. The van der Waals surface area contributed by atoms with Gasteiger partial charge in [-0.25, -0.2) is 0 Å². The summed E-state index contributed by atoms with van der Waals surface area (Å²) in [5.41, 5.74) is 2.70. The Balaban J connectivity index is 1.61. The molecule has 2 amide bonds. The van der Waals surface area contributed by atoms with E-state index in [1.54, 1.807) is 4.68 Å². The average Bonchev–Trinajstić information content (AvgIpc) is 2.99. The number of piperidine rings is 2. The van der Waals surface area contributed by atoms with Crippen molar-refractivity contribution in [3.05, 3.63) is 29.5 Å². The SMILES string of the molecule is CCN1C[C@]2(CCCN(C(=O)c3nn(C)c4ccc(C)cc34)C2)CCC1=O. The van der Waals surface area contributed by atoms with E-state index in [0.717, 1.165) is 61.9 Å². The summed E-state index contributed by atoms with van der Waals surface area (Å²) in [6, 6.07) is 6.12. The lowest BCUT2D eigenvalue weighted by atomic mass is 9.73. The predicted octanol–water partition coefficient (Wildman–Crippen LogP) is 2.75. The fourth-order valence-corrected chi connectivity index (χ4v) is 4.79. The Labute approximate surface area is 160 Å². The highest BCUT2D eigenvalue weighted by Crippen LogP contribution is 2.39. The molecule has 6 heteroatoms. The Kier molecular flexibility index (Phi) is 4.44. The van der Waals surface area contributed by atoms with Crippen molar-refractivity contribution in [2.75, 3.05) is 26.2 Å². The quantitative estimate of drug-likeness (QED) is 0.819. The Hall–Kier alpha value is -2.37. The summed E-state index contributed by atoms with van der Waals surface area (Å²) in [4.78, 5) is 29.4. The van der Waals surface area contributed by atoms with Crippen molar-refractivity contribution in [3.63, 3.8) is 0 Å². The normalized spacial score (nSPS) is 23.4. The number of nitrogens with zero attached hydrogens (tertiary/aromatic N) is 4. The molecule has 27 heavy (non-hydrogen) atoms. The van der Waals surface area contributed by atoms with Gasteiger partial charge < -0.3 is 9.80 Å². The van der Waals surface area contributed by atoms with Crippen molar-refractivity contribution in [2.24, 2.45) is 12.5 Å². The first-order valence-electron chi connectivity index (χ1n) is 9.93. The second-order valence-corrected chi connectivity index (χ2v) is 8.23. The van der Waals surface area contributed by atoms with Crippen LogP contribution in [0.15, 0.2) is 18.2 Å². The molecular formula is C21H28N4O2. The van der Waals surface area contributed by atoms with Crippen LogP contribution in [-0.2, 0) is 11.8 Å². The third-order valence-electron chi connectivity index (χ3n) is 6.29. The van der Waals surface area contributed by atoms with Crippen LogP contribution in [0.3, 0.4) is 0 Å². The van der Waals surface area contributed by atoms with E-state index in [2.05, 4.69) is 5.10 Å². The van der Waals surface area contributed by atoms with Gasteiger partial charge in [0.05, 0.1) is 5.52 Å². The Morgan fingerprint density at radius 1 is 1.26 bits per heavy atom. The van der Waals surface area contributed by atoms with Crippen LogP contribution in [0.4, 0.5) is 0 Å². The van der Waals surface area contributed by atoms with Crippen molar-refractivity contribution < 1.29 is 9.59 Å². The highest BCUT2D eigenvalue weighted by molar-refractivity contribution is 6.05. The van der Waals surface area contributed by atoms with E-state index >= 15 is 0 Å². The number of hydrogen-bond acceptors (Lipinski definition) is 3. The van der Waals surface area contributed by atoms with Gasteiger partial charge in [0.25, 0.3) is 5.91 Å². The number of aryl methyl sites for hydroxylation is 2. The van der Waals surface area contributed by atoms with Crippen molar-refractivity contribution in [3.8, 4) is 0 Å². The Bertz CT molecular complexity index is 903. The van der Waals surface area contributed by atoms with Crippen molar-refractivity contribution in [2.45, 2.75) is 39.5 Å². The number of rotatable bonds is 2. The van der Waals surface area contributed by atoms with E-state index < -0.39 is 0 Å². The maximum absolute atomic E-state index is 13.3. The molecule has 0 radical (unpaired) electrons. The summed E-state index contributed by atoms with van der Waals surface area (Å²) >= 11 is 0. The maximum atomic E-state index is 13.3. The van der Waals surface area contributed by atoms with Gasteiger partial charge in [0.15, 0.2) is 5.69 Å². The molecule has 3 heterocycles. The molecule has 2 fully saturated rings. The number of benzene rings is 1. The summed E-state index contributed by atoms with van der Waals surface area (Å²) in [5, 5.41) is 5.47. The van der Waals surface area contributed by atoms with Crippen LogP contribution in [-0.4, -0.2) is 57.6 Å². The number of hydrogen-bond donors (Lipinski definition) is 0. The molecule has 1 spiro atoms. The van der Waals surface area contributed by atoms with Gasteiger partial charge in [0, 0.05) is 50.4 Å². The van der Waals surface area contributed by atoms with Crippen LogP contribution in [0.2, 0.25) is 0 Å². The zero-order chi connectivity index (χ0) is 19.2. The topological polar surface area (TPSA) is 58.4 Å². The molecule has 2 aromatic rings. The highest BCUT2D eigenvalue weighted by atomic mass is 16.2. The molecule has 0 bridgehead atoms. The van der Waals surface area contributed by atoms with E-state index in [1.807, 2.05) is 48.9 Å². The number of carbonyl (C=O) groups excluding carboxylic acids is 2. The van der Waals surface area contributed by atoms with E-state index in [4.69, 9.17) is 0 Å². The lowest BCUT2D eigenvalue weighted by Gasteiger charge is -2.48. The second kappa shape index (κ2) is 6.66. The molecule has 0 unspecified atom stereocenters. The first kappa shape index (κ1) is 18.0. The minimum Gasteiger partial charge on any atom is -0.342 e. The van der Waals surface area contributed by atoms with Gasteiger partial charge in [-0.1, -0.05) is 11.6 Å². The van der Waals surface area contributed by atoms with Crippen molar-refractivity contribution >= 4 is 22.7 Å². The van der Waals surface area contributed by atoms with Crippen molar-refractivity contribution in [1.29, 1.82) is 0 Å². The number of amides is 2. The molecule has 1 atom stereocenters. The fourth-order valence-electron chi connectivity index (χ4n) is 4.79. The van der Waals surface area contributed by atoms with Crippen LogP contribution in [0, 0.1) is 12.3 Å². The summed E-state index contributed by atoms with van der Waals surface area (Å²) in [6.07, 6.45) is 3.56. The van der Waals surface area contributed by atoms with Gasteiger partial charge in [0.2, 0.25) is 5.91 Å². The molecular weight excluding hydrogens is 340 g/mol. The van der Waals surface area contributed by atoms with Crippen LogP contribution in [0.5, 0.6) is 0 Å².